The van der Waals surface area contributed by atoms with Crippen molar-refractivity contribution in [1.82, 2.24) is 9.21 Å². The predicted molar refractivity (Wildman–Crippen MR) is 104 cm³/mol. The summed E-state index contributed by atoms with van der Waals surface area (Å²) in [5.41, 5.74) is 0.283. The minimum absolute atomic E-state index is 0.191. The number of rotatable bonds is 6. The molecule has 3 rings (SSSR count). The Kier molecular flexibility index (Phi) is 6.07. The van der Waals surface area contributed by atoms with Crippen LogP contribution in [0.1, 0.15) is 44.1 Å². The van der Waals surface area contributed by atoms with Crippen LogP contribution in [0.5, 0.6) is 0 Å². The molecule has 6 heteroatoms. The van der Waals surface area contributed by atoms with Gasteiger partial charge in [-0.05, 0) is 37.8 Å². The van der Waals surface area contributed by atoms with E-state index in [0.717, 1.165) is 37.9 Å². The molecule has 1 N–H and O–H groups in total. The summed E-state index contributed by atoms with van der Waals surface area (Å²) in [7, 11) is 0.0444. The van der Waals surface area contributed by atoms with E-state index in [1.54, 1.807) is 14.1 Å². The van der Waals surface area contributed by atoms with E-state index in [0.29, 0.717) is 12.5 Å². The molecule has 0 radical (unpaired) electrons. The van der Waals surface area contributed by atoms with Gasteiger partial charge in [-0.2, -0.15) is 0 Å². The number of sulfonamides is 1. The number of nitrogens with zero attached hydrogens (tertiary/aromatic N) is 2. The van der Waals surface area contributed by atoms with Gasteiger partial charge in [-0.1, -0.05) is 43.2 Å². The molecule has 1 aliphatic carbocycles. The first-order chi connectivity index (χ1) is 12.3. The van der Waals surface area contributed by atoms with Crippen molar-refractivity contribution >= 4 is 10.0 Å². The first kappa shape index (κ1) is 19.8. The standard InChI is InChI=1S/C20H32N2O3S/c1-21(2)26(24,25)16-8-14-22-15-13-20(23,17-9-4-3-5-10-17)18-11-6-7-12-19(18)22/h3-5,9-10,18-19,23H,6-8,11-16H2,1-2H3/t18-,19-,20+/m0/s1. The zero-order valence-electron chi connectivity index (χ0n) is 16.0. The van der Waals surface area contributed by atoms with E-state index >= 15 is 0 Å². The van der Waals surface area contributed by atoms with Crippen LogP contribution in [0.4, 0.5) is 0 Å². The summed E-state index contributed by atoms with van der Waals surface area (Å²) in [6.07, 6.45) is 5.87. The smallest absolute Gasteiger partial charge is 0.213 e. The third-order valence-corrected chi connectivity index (χ3v) is 8.19. The summed E-state index contributed by atoms with van der Waals surface area (Å²) in [6, 6.07) is 10.4. The molecule has 0 amide bonds. The molecule has 0 aromatic heterocycles. The maximum absolute atomic E-state index is 12.0. The molecule has 0 unspecified atom stereocenters. The minimum Gasteiger partial charge on any atom is -0.385 e. The maximum atomic E-state index is 12.0. The van der Waals surface area contributed by atoms with E-state index in [2.05, 4.69) is 4.90 Å². The van der Waals surface area contributed by atoms with Crippen LogP contribution in [0.3, 0.4) is 0 Å². The summed E-state index contributed by atoms with van der Waals surface area (Å²) in [6.45, 7) is 1.62. The van der Waals surface area contributed by atoms with E-state index in [-0.39, 0.29) is 11.7 Å². The maximum Gasteiger partial charge on any atom is 0.213 e. The minimum atomic E-state index is -3.14. The predicted octanol–water partition coefficient (Wildman–Crippen LogP) is 2.42. The van der Waals surface area contributed by atoms with Crippen molar-refractivity contribution in [1.29, 1.82) is 0 Å². The van der Waals surface area contributed by atoms with Crippen molar-refractivity contribution in [2.24, 2.45) is 5.92 Å². The van der Waals surface area contributed by atoms with Gasteiger partial charge in [0.15, 0.2) is 0 Å². The number of likely N-dealkylation sites (tertiary alicyclic amines) is 1. The normalized spacial score (nSPS) is 30.3. The number of aliphatic hydroxyl groups is 1. The number of piperidine rings is 1. The Hall–Kier alpha value is -0.950. The van der Waals surface area contributed by atoms with Crippen LogP contribution in [0.15, 0.2) is 30.3 Å². The fourth-order valence-corrected chi connectivity index (χ4v) is 5.63. The first-order valence-electron chi connectivity index (χ1n) is 9.77. The molecule has 1 aromatic carbocycles. The highest BCUT2D eigenvalue weighted by molar-refractivity contribution is 7.89. The van der Waals surface area contributed by atoms with Crippen LogP contribution in [0.2, 0.25) is 0 Å². The van der Waals surface area contributed by atoms with Gasteiger partial charge in [0.05, 0.1) is 11.4 Å². The third kappa shape index (κ3) is 3.98. The van der Waals surface area contributed by atoms with Crippen LogP contribution < -0.4 is 0 Å². The van der Waals surface area contributed by atoms with Gasteiger partial charge in [0.25, 0.3) is 0 Å². The fourth-order valence-electron chi connectivity index (χ4n) is 4.77. The molecule has 26 heavy (non-hydrogen) atoms. The molecule has 2 aliphatic rings. The second kappa shape index (κ2) is 7.97. The summed E-state index contributed by atoms with van der Waals surface area (Å²) in [5, 5.41) is 11.6. The van der Waals surface area contributed by atoms with E-state index in [1.165, 1.54) is 17.1 Å². The summed E-state index contributed by atoms with van der Waals surface area (Å²) < 4.78 is 25.3. The molecule has 3 atom stereocenters. The highest BCUT2D eigenvalue weighted by Crippen LogP contribution is 2.46. The lowest BCUT2D eigenvalue weighted by molar-refractivity contribution is -0.120. The van der Waals surface area contributed by atoms with Gasteiger partial charge in [-0.3, -0.25) is 4.90 Å². The fraction of sp³-hybridized carbons (Fsp3) is 0.700. The largest absolute Gasteiger partial charge is 0.385 e. The molecule has 2 fully saturated rings. The molecular weight excluding hydrogens is 348 g/mol. The molecule has 1 heterocycles. The first-order valence-corrected chi connectivity index (χ1v) is 11.4. The van der Waals surface area contributed by atoms with E-state index in [9.17, 15) is 13.5 Å². The lowest BCUT2D eigenvalue weighted by atomic mass is 9.66. The Morgan fingerprint density at radius 1 is 1.19 bits per heavy atom. The molecule has 1 saturated carbocycles. The van der Waals surface area contributed by atoms with Crippen LogP contribution in [-0.4, -0.2) is 61.7 Å². The molecule has 1 aromatic rings. The lowest BCUT2D eigenvalue weighted by Gasteiger charge is -2.52. The van der Waals surface area contributed by atoms with Crippen molar-refractivity contribution in [2.45, 2.75) is 50.2 Å². The molecular formula is C20H32N2O3S. The highest BCUT2D eigenvalue weighted by Gasteiger charge is 2.48. The zero-order chi connectivity index (χ0) is 18.8. The molecule has 0 spiro atoms. The second-order valence-electron chi connectivity index (χ2n) is 7.99. The molecule has 1 aliphatic heterocycles. The Balaban J connectivity index is 1.70. The number of hydrogen-bond acceptors (Lipinski definition) is 4. The lowest BCUT2D eigenvalue weighted by Crippen LogP contribution is -2.57. The second-order valence-corrected chi connectivity index (χ2v) is 10.3. The van der Waals surface area contributed by atoms with Gasteiger partial charge in [0, 0.05) is 32.6 Å². The van der Waals surface area contributed by atoms with Gasteiger partial charge in [-0.15, -0.1) is 0 Å². The van der Waals surface area contributed by atoms with Gasteiger partial charge < -0.3 is 5.11 Å². The summed E-state index contributed by atoms with van der Waals surface area (Å²) >= 11 is 0. The SMILES string of the molecule is CN(C)S(=O)(=O)CCCN1CC[C@@](O)(c2ccccc2)[C@H]2CCCC[C@@H]21. The third-order valence-electron chi connectivity index (χ3n) is 6.27. The molecule has 146 valence electrons. The van der Waals surface area contributed by atoms with E-state index < -0.39 is 15.6 Å². The van der Waals surface area contributed by atoms with E-state index in [1.807, 2.05) is 30.3 Å². The van der Waals surface area contributed by atoms with Gasteiger partial charge in [0.1, 0.15) is 0 Å². The number of benzene rings is 1. The van der Waals surface area contributed by atoms with E-state index in [4.69, 9.17) is 0 Å². The van der Waals surface area contributed by atoms with Crippen molar-refractivity contribution in [3.63, 3.8) is 0 Å². The van der Waals surface area contributed by atoms with Gasteiger partial charge in [0.2, 0.25) is 10.0 Å². The summed E-state index contributed by atoms with van der Waals surface area (Å²) in [4.78, 5) is 2.44. The quantitative estimate of drug-likeness (QED) is 0.823. The Morgan fingerprint density at radius 3 is 2.58 bits per heavy atom. The van der Waals surface area contributed by atoms with Crippen molar-refractivity contribution < 1.29 is 13.5 Å². The Labute approximate surface area is 158 Å². The van der Waals surface area contributed by atoms with Crippen LogP contribution >= 0.6 is 0 Å². The van der Waals surface area contributed by atoms with Crippen LogP contribution in [-0.2, 0) is 15.6 Å². The van der Waals surface area contributed by atoms with Gasteiger partial charge in [-0.25, -0.2) is 12.7 Å². The average Bonchev–Trinajstić information content (AvgIpc) is 2.64. The number of hydrogen-bond donors (Lipinski definition) is 1. The van der Waals surface area contributed by atoms with Crippen molar-refractivity contribution in [3.8, 4) is 0 Å². The zero-order valence-corrected chi connectivity index (χ0v) is 16.8. The number of fused-ring (bicyclic) bond motifs is 1. The Bertz CT molecular complexity index is 692. The van der Waals surface area contributed by atoms with Crippen LogP contribution in [0.25, 0.3) is 0 Å². The van der Waals surface area contributed by atoms with Crippen LogP contribution in [0, 0.1) is 5.92 Å². The molecule has 5 nitrogen and oxygen atoms in total. The highest BCUT2D eigenvalue weighted by atomic mass is 32.2. The molecule has 0 bridgehead atoms. The monoisotopic (exact) mass is 380 g/mol. The van der Waals surface area contributed by atoms with Gasteiger partial charge >= 0.3 is 0 Å². The average molecular weight is 381 g/mol. The van der Waals surface area contributed by atoms with Crippen molar-refractivity contribution in [3.05, 3.63) is 35.9 Å². The topological polar surface area (TPSA) is 60.9 Å². The summed E-state index contributed by atoms with van der Waals surface area (Å²) in [5.74, 6) is 0.425. The van der Waals surface area contributed by atoms with Crippen molar-refractivity contribution in [2.75, 3.05) is 32.9 Å². The molecule has 1 saturated heterocycles. The Morgan fingerprint density at radius 2 is 1.88 bits per heavy atom.